The number of carbonyl (C=O) groups excluding carboxylic acids is 1. The molecule has 1 amide bonds. The Morgan fingerprint density at radius 1 is 1.29 bits per heavy atom. The number of benzene rings is 1. The molecule has 0 aromatic heterocycles. The van der Waals surface area contributed by atoms with E-state index in [1.807, 2.05) is 0 Å². The molecule has 1 fully saturated rings. The lowest BCUT2D eigenvalue weighted by Crippen LogP contribution is -2.35. The number of amides is 1. The predicted octanol–water partition coefficient (Wildman–Crippen LogP) is 0.00800. The van der Waals surface area contributed by atoms with E-state index >= 15 is 0 Å². The molecule has 2 rings (SSSR count). The molecular formula is C13H20N4O3S. The van der Waals surface area contributed by atoms with E-state index in [2.05, 4.69) is 4.90 Å². The van der Waals surface area contributed by atoms with Crippen LogP contribution in [0.3, 0.4) is 0 Å². The molecule has 7 nitrogen and oxygen atoms in total. The first-order valence-corrected chi connectivity index (χ1v) is 8.27. The molecule has 1 aliphatic heterocycles. The van der Waals surface area contributed by atoms with E-state index in [0.29, 0.717) is 18.0 Å². The zero-order chi connectivity index (χ0) is 15.6. The maximum atomic E-state index is 11.3. The Labute approximate surface area is 124 Å². The predicted molar refractivity (Wildman–Crippen MR) is 81.0 cm³/mol. The van der Waals surface area contributed by atoms with E-state index in [9.17, 15) is 13.2 Å². The third kappa shape index (κ3) is 3.85. The van der Waals surface area contributed by atoms with E-state index in [0.717, 1.165) is 31.6 Å². The first-order chi connectivity index (χ1) is 9.77. The Morgan fingerprint density at radius 2 is 1.90 bits per heavy atom. The number of hydrogen-bond acceptors (Lipinski definition) is 5. The van der Waals surface area contributed by atoms with Crippen molar-refractivity contribution in [2.45, 2.75) is 24.2 Å². The van der Waals surface area contributed by atoms with Gasteiger partial charge in [-0.2, -0.15) is 0 Å². The van der Waals surface area contributed by atoms with Crippen molar-refractivity contribution in [3.8, 4) is 0 Å². The Hall–Kier alpha value is -1.80. The van der Waals surface area contributed by atoms with Crippen LogP contribution >= 0.6 is 0 Å². The number of nitrogens with two attached hydrogens (primary N) is 3. The molecule has 0 saturated carbocycles. The van der Waals surface area contributed by atoms with Crippen LogP contribution in [-0.2, 0) is 14.8 Å². The largest absolute Gasteiger partial charge is 0.397 e. The lowest BCUT2D eigenvalue weighted by molar-refractivity contribution is -0.119. The normalized spacial score (nSPS) is 16.9. The number of nitrogen functional groups attached to an aromatic ring is 1. The van der Waals surface area contributed by atoms with Crippen LogP contribution in [0.15, 0.2) is 23.1 Å². The Kier molecular flexibility index (Phi) is 4.38. The van der Waals surface area contributed by atoms with Crippen molar-refractivity contribution in [1.82, 2.24) is 0 Å². The fourth-order valence-electron chi connectivity index (χ4n) is 2.66. The molecule has 21 heavy (non-hydrogen) atoms. The monoisotopic (exact) mass is 312 g/mol. The molecule has 0 spiro atoms. The molecule has 116 valence electrons. The highest BCUT2D eigenvalue weighted by atomic mass is 32.2. The van der Waals surface area contributed by atoms with Crippen LogP contribution in [-0.4, -0.2) is 27.4 Å². The van der Waals surface area contributed by atoms with Gasteiger partial charge in [-0.25, -0.2) is 13.6 Å². The van der Waals surface area contributed by atoms with Gasteiger partial charge in [0.1, 0.15) is 0 Å². The minimum absolute atomic E-state index is 0.00682. The number of primary amides is 1. The molecule has 1 aliphatic rings. The van der Waals surface area contributed by atoms with Gasteiger partial charge in [-0.1, -0.05) is 0 Å². The van der Waals surface area contributed by atoms with Gasteiger partial charge in [0.15, 0.2) is 0 Å². The lowest BCUT2D eigenvalue weighted by atomic mass is 9.93. The number of sulfonamides is 1. The van der Waals surface area contributed by atoms with Crippen LogP contribution in [0, 0.1) is 5.92 Å². The van der Waals surface area contributed by atoms with Gasteiger partial charge in [0.2, 0.25) is 15.9 Å². The summed E-state index contributed by atoms with van der Waals surface area (Å²) in [5.74, 6) is 0.0362. The van der Waals surface area contributed by atoms with Gasteiger partial charge in [0.05, 0.1) is 16.3 Å². The minimum Gasteiger partial charge on any atom is -0.397 e. The van der Waals surface area contributed by atoms with E-state index in [4.69, 9.17) is 16.6 Å². The molecule has 0 unspecified atom stereocenters. The number of primary sulfonamides is 1. The van der Waals surface area contributed by atoms with E-state index < -0.39 is 10.0 Å². The SMILES string of the molecule is NC(=O)CC1CCN(c2ccc(S(N)(=O)=O)cc2N)CC1. The van der Waals surface area contributed by atoms with Crippen LogP contribution in [0.5, 0.6) is 0 Å². The lowest BCUT2D eigenvalue weighted by Gasteiger charge is -2.34. The van der Waals surface area contributed by atoms with Crippen LogP contribution in [0.2, 0.25) is 0 Å². The zero-order valence-corrected chi connectivity index (χ0v) is 12.5. The van der Waals surface area contributed by atoms with Crippen molar-refractivity contribution in [2.75, 3.05) is 23.7 Å². The number of piperidine rings is 1. The van der Waals surface area contributed by atoms with Gasteiger partial charge in [-0.15, -0.1) is 0 Å². The third-order valence-electron chi connectivity index (χ3n) is 3.77. The second-order valence-corrected chi connectivity index (χ2v) is 6.93. The second kappa shape index (κ2) is 5.90. The summed E-state index contributed by atoms with van der Waals surface area (Å²) in [5, 5.41) is 5.08. The molecule has 0 bridgehead atoms. The molecule has 1 aromatic rings. The fraction of sp³-hybridized carbons (Fsp3) is 0.462. The van der Waals surface area contributed by atoms with Gasteiger partial charge >= 0.3 is 0 Å². The zero-order valence-electron chi connectivity index (χ0n) is 11.7. The van der Waals surface area contributed by atoms with E-state index in [1.165, 1.54) is 12.1 Å². The summed E-state index contributed by atoms with van der Waals surface area (Å²) >= 11 is 0. The Bertz CT molecular complexity index is 637. The van der Waals surface area contributed by atoms with Gasteiger partial charge in [0, 0.05) is 19.5 Å². The molecule has 8 heteroatoms. The smallest absolute Gasteiger partial charge is 0.238 e. The average Bonchev–Trinajstić information content (AvgIpc) is 2.38. The molecular weight excluding hydrogens is 292 g/mol. The second-order valence-electron chi connectivity index (χ2n) is 5.37. The van der Waals surface area contributed by atoms with Crippen molar-refractivity contribution < 1.29 is 13.2 Å². The fourth-order valence-corrected chi connectivity index (χ4v) is 3.21. The Morgan fingerprint density at radius 3 is 2.38 bits per heavy atom. The molecule has 1 saturated heterocycles. The molecule has 0 atom stereocenters. The number of hydrogen-bond donors (Lipinski definition) is 3. The molecule has 6 N–H and O–H groups in total. The average molecular weight is 312 g/mol. The van der Waals surface area contributed by atoms with E-state index in [-0.39, 0.29) is 10.8 Å². The molecule has 1 aromatic carbocycles. The van der Waals surface area contributed by atoms with Gasteiger partial charge in [-0.05, 0) is 37.0 Å². The topological polar surface area (TPSA) is 133 Å². The molecule has 0 radical (unpaired) electrons. The highest BCUT2D eigenvalue weighted by Crippen LogP contribution is 2.30. The number of nitrogens with zero attached hydrogens (tertiary/aromatic N) is 1. The Balaban J connectivity index is 2.09. The van der Waals surface area contributed by atoms with Gasteiger partial charge in [-0.3, -0.25) is 4.79 Å². The summed E-state index contributed by atoms with van der Waals surface area (Å²) in [7, 11) is -3.74. The number of carbonyl (C=O) groups is 1. The highest BCUT2D eigenvalue weighted by Gasteiger charge is 2.22. The first-order valence-electron chi connectivity index (χ1n) is 6.73. The summed E-state index contributed by atoms with van der Waals surface area (Å²) in [6.07, 6.45) is 2.13. The number of rotatable bonds is 4. The summed E-state index contributed by atoms with van der Waals surface area (Å²) in [5.41, 5.74) is 12.3. The standard InChI is InChI=1S/C13H20N4O3S/c14-11-8-10(21(16,19)20)1-2-12(11)17-5-3-9(4-6-17)7-13(15)18/h1-2,8-9H,3-7,14H2,(H2,15,18)(H2,16,19,20). The highest BCUT2D eigenvalue weighted by molar-refractivity contribution is 7.89. The quantitative estimate of drug-likeness (QED) is 0.673. The summed E-state index contributed by atoms with van der Waals surface area (Å²) in [6.45, 7) is 1.52. The van der Waals surface area contributed by atoms with Gasteiger partial charge < -0.3 is 16.4 Å². The third-order valence-corrected chi connectivity index (χ3v) is 4.68. The van der Waals surface area contributed by atoms with Gasteiger partial charge in [0.25, 0.3) is 0 Å². The minimum atomic E-state index is -3.74. The van der Waals surface area contributed by atoms with Crippen molar-refractivity contribution in [3.63, 3.8) is 0 Å². The molecule has 1 heterocycles. The van der Waals surface area contributed by atoms with Crippen molar-refractivity contribution in [2.24, 2.45) is 16.8 Å². The van der Waals surface area contributed by atoms with E-state index in [1.54, 1.807) is 6.07 Å². The van der Waals surface area contributed by atoms with Crippen molar-refractivity contribution >= 4 is 27.3 Å². The van der Waals surface area contributed by atoms with Crippen molar-refractivity contribution in [3.05, 3.63) is 18.2 Å². The van der Waals surface area contributed by atoms with Crippen LogP contribution in [0.4, 0.5) is 11.4 Å². The van der Waals surface area contributed by atoms with Crippen LogP contribution in [0.25, 0.3) is 0 Å². The molecule has 0 aliphatic carbocycles. The maximum absolute atomic E-state index is 11.3. The number of anilines is 2. The summed E-state index contributed by atoms with van der Waals surface area (Å²) < 4.78 is 22.6. The van der Waals surface area contributed by atoms with Crippen LogP contribution in [0.1, 0.15) is 19.3 Å². The van der Waals surface area contributed by atoms with Crippen LogP contribution < -0.4 is 21.5 Å². The van der Waals surface area contributed by atoms with Crippen molar-refractivity contribution in [1.29, 1.82) is 0 Å². The summed E-state index contributed by atoms with van der Waals surface area (Å²) in [6, 6.07) is 4.50. The maximum Gasteiger partial charge on any atom is 0.238 e. The first kappa shape index (κ1) is 15.6. The summed E-state index contributed by atoms with van der Waals surface area (Å²) in [4.78, 5) is 13.0.